The van der Waals surface area contributed by atoms with E-state index in [0.29, 0.717) is 12.4 Å². The summed E-state index contributed by atoms with van der Waals surface area (Å²) >= 11 is 5.86. The molecule has 1 fully saturated rings. The quantitative estimate of drug-likeness (QED) is 0.664. The van der Waals surface area contributed by atoms with Crippen molar-refractivity contribution in [3.05, 3.63) is 58.6 Å². The first-order chi connectivity index (χ1) is 13.7. The summed E-state index contributed by atoms with van der Waals surface area (Å²) < 4.78 is 58.9. The molecule has 1 amide bonds. The Morgan fingerprint density at radius 2 is 1.66 bits per heavy atom. The molecule has 10 heteroatoms. The van der Waals surface area contributed by atoms with E-state index in [4.69, 9.17) is 16.3 Å². The molecule has 1 heterocycles. The van der Waals surface area contributed by atoms with Crippen molar-refractivity contribution < 1.29 is 26.7 Å². The molecule has 0 atom stereocenters. The van der Waals surface area contributed by atoms with Gasteiger partial charge in [0.2, 0.25) is 10.0 Å². The van der Waals surface area contributed by atoms with Gasteiger partial charge < -0.3 is 9.64 Å². The second-order valence-corrected chi connectivity index (χ2v) is 8.69. The highest BCUT2D eigenvalue weighted by atomic mass is 35.5. The van der Waals surface area contributed by atoms with Crippen molar-refractivity contribution in [1.29, 1.82) is 0 Å². The fourth-order valence-electron chi connectivity index (χ4n) is 3.01. The Kier molecular flexibility index (Phi) is 6.40. The van der Waals surface area contributed by atoms with Gasteiger partial charge in [-0.1, -0.05) is 11.6 Å². The molecular weight excluding hydrogens is 426 g/mol. The molecule has 0 aromatic heterocycles. The van der Waals surface area contributed by atoms with Crippen LogP contribution in [0, 0.1) is 11.6 Å². The summed E-state index contributed by atoms with van der Waals surface area (Å²) in [5.41, 5.74) is -0.159. The second-order valence-electron chi connectivity index (χ2n) is 6.35. The molecule has 0 N–H and O–H groups in total. The lowest BCUT2D eigenvalue weighted by atomic mass is 10.1. The molecule has 3 rings (SSSR count). The van der Waals surface area contributed by atoms with Crippen molar-refractivity contribution in [3.8, 4) is 5.75 Å². The third-order valence-electron chi connectivity index (χ3n) is 4.54. The summed E-state index contributed by atoms with van der Waals surface area (Å²) in [5.74, 6) is -2.32. The van der Waals surface area contributed by atoms with E-state index in [-0.39, 0.29) is 41.7 Å². The number of nitrogens with zero attached hydrogens (tertiary/aromatic N) is 2. The van der Waals surface area contributed by atoms with Gasteiger partial charge in [0.1, 0.15) is 5.75 Å². The molecule has 6 nitrogen and oxygen atoms in total. The minimum atomic E-state index is -3.72. The van der Waals surface area contributed by atoms with E-state index in [1.165, 1.54) is 21.3 Å². The number of amides is 1. The third kappa shape index (κ3) is 4.52. The molecule has 1 aliphatic rings. The zero-order valence-electron chi connectivity index (χ0n) is 15.6. The highest BCUT2D eigenvalue weighted by Gasteiger charge is 2.31. The van der Waals surface area contributed by atoms with E-state index in [1.54, 1.807) is 12.1 Å². The molecule has 1 saturated heterocycles. The average molecular weight is 445 g/mol. The Morgan fingerprint density at radius 1 is 1.07 bits per heavy atom. The van der Waals surface area contributed by atoms with Gasteiger partial charge in [0.05, 0.1) is 22.1 Å². The smallest absolute Gasteiger partial charge is 0.255 e. The summed E-state index contributed by atoms with van der Waals surface area (Å²) in [4.78, 5) is 14.1. The third-order valence-corrected chi connectivity index (χ3v) is 6.76. The van der Waals surface area contributed by atoms with Crippen LogP contribution in [-0.2, 0) is 10.0 Å². The van der Waals surface area contributed by atoms with Crippen molar-refractivity contribution in [3.63, 3.8) is 0 Å². The summed E-state index contributed by atoms with van der Waals surface area (Å²) in [5, 5.41) is -0.196. The number of sulfonamides is 1. The zero-order chi connectivity index (χ0) is 21.2. The van der Waals surface area contributed by atoms with Gasteiger partial charge in [0.15, 0.2) is 11.6 Å². The van der Waals surface area contributed by atoms with E-state index in [1.807, 2.05) is 6.92 Å². The van der Waals surface area contributed by atoms with E-state index in [0.717, 1.165) is 12.1 Å². The molecular formula is C19H19ClF2N2O4S. The fraction of sp³-hybridized carbons (Fsp3) is 0.316. The lowest BCUT2D eigenvalue weighted by Gasteiger charge is -2.34. The van der Waals surface area contributed by atoms with E-state index >= 15 is 0 Å². The lowest BCUT2D eigenvalue weighted by molar-refractivity contribution is 0.0697. The van der Waals surface area contributed by atoms with Crippen LogP contribution < -0.4 is 4.74 Å². The Bertz CT molecular complexity index is 1010. The van der Waals surface area contributed by atoms with Crippen molar-refractivity contribution >= 4 is 27.5 Å². The number of halogens is 3. The van der Waals surface area contributed by atoms with E-state index in [9.17, 15) is 22.0 Å². The van der Waals surface area contributed by atoms with Gasteiger partial charge in [-0.25, -0.2) is 17.2 Å². The van der Waals surface area contributed by atoms with E-state index < -0.39 is 27.6 Å². The van der Waals surface area contributed by atoms with Gasteiger partial charge in [0, 0.05) is 26.2 Å². The lowest BCUT2D eigenvalue weighted by Crippen LogP contribution is -2.50. The average Bonchev–Trinajstić information content (AvgIpc) is 2.71. The van der Waals surface area contributed by atoms with Crippen LogP contribution in [0.25, 0.3) is 0 Å². The summed E-state index contributed by atoms with van der Waals surface area (Å²) in [6.45, 7) is 2.66. The number of carbonyl (C=O) groups excluding carboxylic acids is 1. The Labute approximate surface area is 172 Å². The molecule has 2 aromatic rings. The Balaban J connectivity index is 1.69. The maximum atomic E-state index is 13.5. The molecule has 0 radical (unpaired) electrons. The number of rotatable bonds is 5. The molecule has 0 spiro atoms. The first-order valence-corrected chi connectivity index (χ1v) is 10.7. The fourth-order valence-corrected chi connectivity index (χ4v) is 4.67. The van der Waals surface area contributed by atoms with Gasteiger partial charge in [-0.3, -0.25) is 4.79 Å². The van der Waals surface area contributed by atoms with Crippen LogP contribution in [0.2, 0.25) is 5.02 Å². The van der Waals surface area contributed by atoms with Crippen LogP contribution in [0.3, 0.4) is 0 Å². The maximum absolute atomic E-state index is 13.5. The van der Waals surface area contributed by atoms with Gasteiger partial charge >= 0.3 is 0 Å². The number of hydrogen-bond donors (Lipinski definition) is 0. The van der Waals surface area contributed by atoms with Crippen molar-refractivity contribution in [2.45, 2.75) is 11.8 Å². The van der Waals surface area contributed by atoms with Gasteiger partial charge in [-0.2, -0.15) is 4.31 Å². The Morgan fingerprint density at radius 3 is 2.24 bits per heavy atom. The topological polar surface area (TPSA) is 66.9 Å². The first kappa shape index (κ1) is 21.5. The van der Waals surface area contributed by atoms with Gasteiger partial charge in [0.25, 0.3) is 5.91 Å². The maximum Gasteiger partial charge on any atom is 0.255 e. The molecule has 1 aliphatic heterocycles. The van der Waals surface area contributed by atoms with Crippen LogP contribution in [-0.4, -0.2) is 56.3 Å². The molecule has 156 valence electrons. The summed E-state index contributed by atoms with van der Waals surface area (Å²) in [6, 6.07) is 7.61. The second kappa shape index (κ2) is 8.64. The molecule has 0 unspecified atom stereocenters. The van der Waals surface area contributed by atoms with Crippen LogP contribution in [0.15, 0.2) is 41.3 Å². The van der Waals surface area contributed by atoms with Crippen molar-refractivity contribution in [2.75, 3.05) is 32.8 Å². The number of benzene rings is 2. The van der Waals surface area contributed by atoms with Crippen LogP contribution >= 0.6 is 11.6 Å². The SMILES string of the molecule is CCOc1ccc(S(=O)(=O)N2CCN(C(=O)c3cc(F)c(F)cc3Cl)CC2)cc1. The number of hydrogen-bond acceptors (Lipinski definition) is 4. The monoisotopic (exact) mass is 444 g/mol. The highest BCUT2D eigenvalue weighted by Crippen LogP contribution is 2.24. The Hall–Kier alpha value is -2.23. The van der Waals surface area contributed by atoms with Crippen LogP contribution in [0.4, 0.5) is 8.78 Å². The first-order valence-electron chi connectivity index (χ1n) is 8.91. The number of ether oxygens (including phenoxy) is 1. The standard InChI is InChI=1S/C19H19ClF2N2O4S/c1-2-28-13-3-5-14(6-4-13)29(26,27)24-9-7-23(8-10-24)19(25)15-11-17(21)18(22)12-16(15)20/h3-6,11-12H,2,7-10H2,1H3. The summed E-state index contributed by atoms with van der Waals surface area (Å²) in [6.07, 6.45) is 0. The molecule has 2 aromatic carbocycles. The van der Waals surface area contributed by atoms with Crippen molar-refractivity contribution in [1.82, 2.24) is 9.21 Å². The molecule has 0 aliphatic carbocycles. The number of carbonyl (C=O) groups is 1. The molecule has 0 bridgehead atoms. The normalized spacial score (nSPS) is 15.4. The summed E-state index contributed by atoms with van der Waals surface area (Å²) in [7, 11) is -3.72. The predicted molar refractivity (Wildman–Crippen MR) is 104 cm³/mol. The van der Waals surface area contributed by atoms with Crippen LogP contribution in [0.1, 0.15) is 17.3 Å². The minimum Gasteiger partial charge on any atom is -0.494 e. The highest BCUT2D eigenvalue weighted by molar-refractivity contribution is 7.89. The largest absolute Gasteiger partial charge is 0.494 e. The predicted octanol–water partition coefficient (Wildman–Crippen LogP) is 3.16. The number of piperazine rings is 1. The van der Waals surface area contributed by atoms with Gasteiger partial charge in [-0.05, 0) is 43.3 Å². The van der Waals surface area contributed by atoms with Gasteiger partial charge in [-0.15, -0.1) is 0 Å². The molecule has 29 heavy (non-hydrogen) atoms. The van der Waals surface area contributed by atoms with Crippen LogP contribution in [0.5, 0.6) is 5.75 Å². The van der Waals surface area contributed by atoms with Crippen molar-refractivity contribution in [2.24, 2.45) is 0 Å². The minimum absolute atomic E-state index is 0.0720. The zero-order valence-corrected chi connectivity index (χ0v) is 17.1. The van der Waals surface area contributed by atoms with E-state index in [2.05, 4.69) is 0 Å². The molecule has 0 saturated carbocycles.